The molecule has 0 spiro atoms. The Morgan fingerprint density at radius 2 is 2.12 bits per heavy atom. The molecule has 2 aromatic heterocycles. The number of pyridine rings is 1. The van der Waals surface area contributed by atoms with Gasteiger partial charge in [0, 0.05) is 6.07 Å². The number of hydrogen-bond donors (Lipinski definition) is 0. The van der Waals surface area contributed by atoms with Gasteiger partial charge in [-0.15, -0.1) is 0 Å². The summed E-state index contributed by atoms with van der Waals surface area (Å²) in [6.45, 7) is 0. The molecule has 0 aliphatic rings. The maximum atomic E-state index is 8.99. The number of methoxy groups -OCH3 is 1. The molecule has 0 radical (unpaired) electrons. The van der Waals surface area contributed by atoms with Crippen molar-refractivity contribution < 1.29 is 4.74 Å². The van der Waals surface area contributed by atoms with Gasteiger partial charge in [-0.05, 0) is 6.07 Å². The molecule has 0 unspecified atom stereocenters. The zero-order valence-corrected chi connectivity index (χ0v) is 8.95. The molecule has 0 aliphatic heterocycles. The highest BCUT2D eigenvalue weighted by molar-refractivity contribution is 5.42. The molecule has 0 bridgehead atoms. The first-order valence-electron chi connectivity index (χ1n) is 4.69. The Kier molecular flexibility index (Phi) is 2.71. The van der Waals surface area contributed by atoms with Gasteiger partial charge in [-0.1, -0.05) is 6.07 Å². The van der Waals surface area contributed by atoms with Crippen molar-refractivity contribution in [1.29, 1.82) is 10.5 Å². The van der Waals surface area contributed by atoms with Crippen LogP contribution < -0.4 is 4.74 Å². The minimum absolute atomic E-state index is 0.0807. The van der Waals surface area contributed by atoms with Crippen LogP contribution in [0.1, 0.15) is 11.4 Å². The van der Waals surface area contributed by atoms with Crippen molar-refractivity contribution in [3.05, 3.63) is 35.9 Å². The summed E-state index contributed by atoms with van der Waals surface area (Å²) in [5.41, 5.74) is 0.241. The van der Waals surface area contributed by atoms with Gasteiger partial charge in [0.15, 0.2) is 11.4 Å². The Morgan fingerprint density at radius 3 is 2.76 bits per heavy atom. The van der Waals surface area contributed by atoms with Crippen LogP contribution in [0.5, 0.6) is 5.88 Å². The van der Waals surface area contributed by atoms with Gasteiger partial charge in [0.1, 0.15) is 24.3 Å². The van der Waals surface area contributed by atoms with Crippen molar-refractivity contribution >= 4 is 0 Å². The van der Waals surface area contributed by atoms with Crippen LogP contribution in [0, 0.1) is 22.7 Å². The van der Waals surface area contributed by atoms with E-state index in [0.29, 0.717) is 11.7 Å². The molecule has 2 aromatic rings. The molecular weight excluding hydrogens is 218 g/mol. The molecule has 2 rings (SSSR count). The minimum Gasteiger partial charge on any atom is -0.481 e. The summed E-state index contributed by atoms with van der Waals surface area (Å²) in [5.74, 6) is 0.911. The predicted octanol–water partition coefficient (Wildman–Crippen LogP) is 1.02. The third kappa shape index (κ3) is 1.80. The molecule has 0 N–H and O–H groups in total. The van der Waals surface area contributed by atoms with Crippen molar-refractivity contribution in [2.24, 2.45) is 0 Å². The number of nitriles is 2. The molecule has 0 atom stereocenters. The van der Waals surface area contributed by atoms with Gasteiger partial charge >= 0.3 is 0 Å². The van der Waals surface area contributed by atoms with E-state index in [1.807, 2.05) is 12.1 Å². The van der Waals surface area contributed by atoms with Crippen LogP contribution in [0.25, 0.3) is 5.82 Å². The van der Waals surface area contributed by atoms with Gasteiger partial charge in [-0.3, -0.25) is 4.57 Å². The first kappa shape index (κ1) is 10.7. The van der Waals surface area contributed by atoms with Gasteiger partial charge in [0.25, 0.3) is 0 Å². The second kappa shape index (κ2) is 4.33. The molecule has 6 heteroatoms. The summed E-state index contributed by atoms with van der Waals surface area (Å²) >= 11 is 0. The first-order chi connectivity index (χ1) is 8.30. The molecule has 0 aliphatic carbocycles. The monoisotopic (exact) mass is 225 g/mol. The number of rotatable bonds is 2. The zero-order valence-electron chi connectivity index (χ0n) is 8.95. The summed E-state index contributed by atoms with van der Waals surface area (Å²) < 4.78 is 6.44. The second-order valence-electron chi connectivity index (χ2n) is 3.07. The lowest BCUT2D eigenvalue weighted by Crippen LogP contribution is -2.00. The largest absolute Gasteiger partial charge is 0.481 e. The highest BCUT2D eigenvalue weighted by Crippen LogP contribution is 2.14. The summed E-state index contributed by atoms with van der Waals surface area (Å²) in [6.07, 6.45) is 1.39. The normalized spacial score (nSPS) is 9.35. The molecule has 0 saturated heterocycles. The van der Waals surface area contributed by atoms with Crippen LogP contribution in [0.3, 0.4) is 0 Å². The number of nitrogens with zero attached hydrogens (tertiary/aromatic N) is 5. The minimum atomic E-state index is 0.0807. The Bertz CT molecular complexity index is 632. The number of hydrogen-bond acceptors (Lipinski definition) is 5. The lowest BCUT2D eigenvalue weighted by molar-refractivity contribution is 0.397. The van der Waals surface area contributed by atoms with Crippen LogP contribution in [-0.4, -0.2) is 21.6 Å². The van der Waals surface area contributed by atoms with E-state index in [4.69, 9.17) is 15.3 Å². The Morgan fingerprint density at radius 1 is 1.29 bits per heavy atom. The van der Waals surface area contributed by atoms with Gasteiger partial charge in [-0.25, -0.2) is 4.98 Å². The molecule has 0 fully saturated rings. The van der Waals surface area contributed by atoms with Crippen LogP contribution in [0.2, 0.25) is 0 Å². The van der Waals surface area contributed by atoms with Crippen molar-refractivity contribution in [2.45, 2.75) is 0 Å². The van der Waals surface area contributed by atoms with E-state index in [1.54, 1.807) is 18.2 Å². The molecular formula is C11H7N5O. The maximum absolute atomic E-state index is 8.99. The van der Waals surface area contributed by atoms with Crippen LogP contribution in [0.4, 0.5) is 0 Å². The highest BCUT2D eigenvalue weighted by Gasteiger charge is 2.12. The fourth-order valence-corrected chi connectivity index (χ4v) is 1.36. The quantitative estimate of drug-likeness (QED) is 0.761. The average Bonchev–Trinajstić information content (AvgIpc) is 2.81. The highest BCUT2D eigenvalue weighted by atomic mass is 16.5. The molecule has 6 nitrogen and oxygen atoms in total. The zero-order chi connectivity index (χ0) is 12.3. The van der Waals surface area contributed by atoms with E-state index >= 15 is 0 Å². The van der Waals surface area contributed by atoms with E-state index in [-0.39, 0.29) is 11.4 Å². The van der Waals surface area contributed by atoms with E-state index in [1.165, 1.54) is 18.0 Å². The predicted molar refractivity (Wildman–Crippen MR) is 57.3 cm³/mol. The number of ether oxygens (including phenoxy) is 1. The Hall–Kier alpha value is -2.86. The van der Waals surface area contributed by atoms with Gasteiger partial charge in [0.05, 0.1) is 7.11 Å². The van der Waals surface area contributed by atoms with E-state index in [2.05, 4.69) is 9.97 Å². The molecule has 0 aromatic carbocycles. The molecule has 0 saturated carbocycles. The van der Waals surface area contributed by atoms with E-state index in [9.17, 15) is 0 Å². The van der Waals surface area contributed by atoms with Crippen molar-refractivity contribution in [3.8, 4) is 23.8 Å². The standard InChI is InChI=1S/C11H7N5O/c1-17-11-4-2-3-10(15-11)16-7-14-8(5-12)9(16)6-13/h2-4,7H,1H3. The SMILES string of the molecule is COc1cccc(-n2cnc(C#N)c2C#N)n1. The van der Waals surface area contributed by atoms with Crippen molar-refractivity contribution in [2.75, 3.05) is 7.11 Å². The van der Waals surface area contributed by atoms with E-state index < -0.39 is 0 Å². The Balaban J connectivity index is 2.58. The lowest BCUT2D eigenvalue weighted by atomic mass is 10.3. The molecule has 0 amide bonds. The summed E-state index contributed by atoms with van der Waals surface area (Å²) in [7, 11) is 1.51. The van der Waals surface area contributed by atoms with Gasteiger partial charge < -0.3 is 4.74 Å². The Labute approximate surface area is 97.3 Å². The van der Waals surface area contributed by atoms with Crippen molar-refractivity contribution in [3.63, 3.8) is 0 Å². The second-order valence-corrected chi connectivity index (χ2v) is 3.07. The van der Waals surface area contributed by atoms with Crippen molar-refractivity contribution in [1.82, 2.24) is 14.5 Å². The maximum Gasteiger partial charge on any atom is 0.214 e. The topological polar surface area (TPSA) is 87.5 Å². The summed E-state index contributed by atoms with van der Waals surface area (Å²) in [6, 6.07) is 8.92. The lowest BCUT2D eigenvalue weighted by Gasteiger charge is -2.04. The third-order valence-corrected chi connectivity index (χ3v) is 2.14. The van der Waals surface area contributed by atoms with Gasteiger partial charge in [-0.2, -0.15) is 15.5 Å². The fraction of sp³-hybridized carbons (Fsp3) is 0.0909. The summed E-state index contributed by atoms with van der Waals surface area (Å²) in [4.78, 5) is 7.99. The fourth-order valence-electron chi connectivity index (χ4n) is 1.36. The molecule has 2 heterocycles. The summed E-state index contributed by atoms with van der Waals surface area (Å²) in [5, 5.41) is 17.8. The number of imidazole rings is 1. The molecule has 82 valence electrons. The smallest absolute Gasteiger partial charge is 0.214 e. The average molecular weight is 225 g/mol. The van der Waals surface area contributed by atoms with Gasteiger partial charge in [0.2, 0.25) is 5.88 Å². The third-order valence-electron chi connectivity index (χ3n) is 2.14. The van der Waals surface area contributed by atoms with E-state index in [0.717, 1.165) is 0 Å². The molecule has 17 heavy (non-hydrogen) atoms. The van der Waals surface area contributed by atoms with Crippen LogP contribution in [0.15, 0.2) is 24.5 Å². The number of aromatic nitrogens is 3. The first-order valence-corrected chi connectivity index (χ1v) is 4.69. The van der Waals surface area contributed by atoms with Crippen LogP contribution in [-0.2, 0) is 0 Å². The van der Waals surface area contributed by atoms with Crippen LogP contribution >= 0.6 is 0 Å².